The second kappa shape index (κ2) is 20.3. The lowest BCUT2D eigenvalue weighted by Gasteiger charge is -2.34. The number of para-hydroxylation sites is 1. The lowest BCUT2D eigenvalue weighted by Crippen LogP contribution is -2.60. The molecule has 0 spiro atoms. The van der Waals surface area contributed by atoms with E-state index in [1.165, 1.54) is 4.90 Å². The Hall–Kier alpha value is -5.44. The molecule has 15 heteroatoms. The highest BCUT2D eigenvalue weighted by atomic mass is 16.5. The van der Waals surface area contributed by atoms with E-state index in [0.717, 1.165) is 22.0 Å². The Morgan fingerprint density at radius 1 is 0.793 bits per heavy atom. The minimum atomic E-state index is -1.15. The molecular weight excluding hydrogens is 743 g/mol. The number of nitrogens with zero attached hydrogens (tertiary/aromatic N) is 1. The third-order valence-corrected chi connectivity index (χ3v) is 10.8. The molecule has 2 saturated heterocycles. The van der Waals surface area contributed by atoms with E-state index in [0.29, 0.717) is 31.8 Å². The highest BCUT2D eigenvalue weighted by molar-refractivity contribution is 5.96. The van der Waals surface area contributed by atoms with Crippen molar-refractivity contribution in [2.24, 2.45) is 17.8 Å². The monoisotopic (exact) mass is 801 g/mol. The molecule has 0 bridgehead atoms. The number of hydrogen-bond donors (Lipinski definition) is 6. The zero-order chi connectivity index (χ0) is 41.9. The van der Waals surface area contributed by atoms with Gasteiger partial charge in [-0.25, -0.2) is 0 Å². The number of fused-ring (bicyclic) bond motifs is 1. The first-order valence-electron chi connectivity index (χ1n) is 20.3. The first kappa shape index (κ1) is 43.7. The second-order valence-electron chi connectivity index (χ2n) is 16.2. The van der Waals surface area contributed by atoms with Crippen molar-refractivity contribution in [2.75, 3.05) is 33.4 Å². The van der Waals surface area contributed by atoms with Crippen LogP contribution in [-0.4, -0.2) is 109 Å². The number of carbonyl (C=O) groups excluding carboxylic acids is 6. The summed E-state index contributed by atoms with van der Waals surface area (Å²) in [5.74, 6) is -3.09. The van der Waals surface area contributed by atoms with Crippen LogP contribution in [-0.2, 0) is 46.3 Å². The quantitative estimate of drug-likeness (QED) is 0.190. The van der Waals surface area contributed by atoms with Gasteiger partial charge in [0.1, 0.15) is 29.9 Å². The number of amides is 6. The van der Waals surface area contributed by atoms with E-state index >= 15 is 0 Å². The Morgan fingerprint density at radius 3 is 2.10 bits per heavy atom. The molecule has 3 heterocycles. The molecule has 6 N–H and O–H groups in total. The Bertz CT molecular complexity index is 1910. The molecule has 2 aromatic carbocycles. The summed E-state index contributed by atoms with van der Waals surface area (Å²) in [7, 11) is 1.55. The summed E-state index contributed by atoms with van der Waals surface area (Å²) in [4.78, 5) is 89.2. The van der Waals surface area contributed by atoms with Crippen LogP contribution in [0, 0.1) is 17.8 Å². The number of H-pyrrole nitrogens is 1. The highest BCUT2D eigenvalue weighted by Crippen LogP contribution is 2.22. The van der Waals surface area contributed by atoms with Crippen molar-refractivity contribution in [2.45, 2.75) is 96.9 Å². The van der Waals surface area contributed by atoms with Gasteiger partial charge in [0.2, 0.25) is 35.4 Å². The lowest BCUT2D eigenvalue weighted by molar-refractivity contribution is -0.143. The summed E-state index contributed by atoms with van der Waals surface area (Å²) < 4.78 is 10.8. The van der Waals surface area contributed by atoms with Gasteiger partial charge >= 0.3 is 0 Å². The SMILES string of the molecule is COc1ccc(C[C@@H]2NC(=O)[C@H](CC(C)C)NC(=O)[C@@H](Cc3c[nH]c4ccccc34)NC(=O)CN(C(=O)C3CCOCC3)C[C@H](C(C)C)NC(=O)[C@@H](C)NC2=O)cc1. The van der Waals surface area contributed by atoms with Crippen LogP contribution in [0.2, 0.25) is 0 Å². The van der Waals surface area contributed by atoms with Crippen LogP contribution in [0.25, 0.3) is 10.9 Å². The Balaban J connectivity index is 1.53. The largest absolute Gasteiger partial charge is 0.497 e. The van der Waals surface area contributed by atoms with Crippen molar-refractivity contribution < 1.29 is 38.2 Å². The predicted octanol–water partition coefficient (Wildman–Crippen LogP) is 2.38. The molecule has 2 fully saturated rings. The van der Waals surface area contributed by atoms with Crippen LogP contribution >= 0.6 is 0 Å². The van der Waals surface area contributed by atoms with E-state index in [-0.39, 0.29) is 56.0 Å². The molecule has 0 unspecified atom stereocenters. The van der Waals surface area contributed by atoms with Crippen molar-refractivity contribution in [3.8, 4) is 5.75 Å². The fourth-order valence-electron chi connectivity index (χ4n) is 7.38. The van der Waals surface area contributed by atoms with Crippen LogP contribution in [0.15, 0.2) is 54.7 Å². The number of aromatic amines is 1. The summed E-state index contributed by atoms with van der Waals surface area (Å²) in [6.45, 7) is 9.62. The number of ether oxygens (including phenoxy) is 2. The van der Waals surface area contributed by atoms with E-state index < -0.39 is 59.7 Å². The summed E-state index contributed by atoms with van der Waals surface area (Å²) >= 11 is 0. The van der Waals surface area contributed by atoms with E-state index in [1.54, 1.807) is 44.5 Å². The maximum atomic E-state index is 14.4. The summed E-state index contributed by atoms with van der Waals surface area (Å²) in [6.07, 6.45) is 3.15. The Labute approximate surface area is 340 Å². The molecule has 6 amide bonds. The van der Waals surface area contributed by atoms with Crippen molar-refractivity contribution in [3.63, 3.8) is 0 Å². The average molecular weight is 802 g/mol. The molecule has 5 rings (SSSR count). The summed E-state index contributed by atoms with van der Waals surface area (Å²) in [6, 6.07) is 9.68. The fraction of sp³-hybridized carbons (Fsp3) is 0.535. The molecule has 0 saturated carbocycles. The van der Waals surface area contributed by atoms with Crippen molar-refractivity contribution in [1.29, 1.82) is 0 Å². The molecule has 0 radical (unpaired) electrons. The van der Waals surface area contributed by atoms with Crippen molar-refractivity contribution in [3.05, 3.63) is 65.9 Å². The first-order valence-corrected chi connectivity index (χ1v) is 20.3. The van der Waals surface area contributed by atoms with Crippen LogP contribution in [0.1, 0.15) is 65.0 Å². The van der Waals surface area contributed by atoms with Gasteiger partial charge in [0, 0.05) is 61.7 Å². The molecule has 2 aliphatic heterocycles. The van der Waals surface area contributed by atoms with Crippen LogP contribution in [0.4, 0.5) is 0 Å². The van der Waals surface area contributed by atoms with E-state index in [4.69, 9.17) is 9.47 Å². The number of nitrogens with one attached hydrogen (secondary N) is 6. The van der Waals surface area contributed by atoms with Gasteiger partial charge in [-0.1, -0.05) is 58.0 Å². The van der Waals surface area contributed by atoms with Gasteiger partial charge in [-0.3, -0.25) is 28.8 Å². The van der Waals surface area contributed by atoms with Gasteiger partial charge in [0.15, 0.2) is 0 Å². The lowest BCUT2D eigenvalue weighted by atomic mass is 9.97. The molecule has 314 valence electrons. The van der Waals surface area contributed by atoms with Gasteiger partial charge in [-0.15, -0.1) is 0 Å². The number of benzene rings is 2. The number of carbonyl (C=O) groups is 6. The van der Waals surface area contributed by atoms with Gasteiger partial charge in [-0.2, -0.15) is 0 Å². The van der Waals surface area contributed by atoms with Crippen LogP contribution in [0.3, 0.4) is 0 Å². The summed E-state index contributed by atoms with van der Waals surface area (Å²) in [5.41, 5.74) is 2.35. The van der Waals surface area contributed by atoms with E-state index in [1.807, 2.05) is 52.0 Å². The van der Waals surface area contributed by atoms with E-state index in [9.17, 15) is 28.8 Å². The third kappa shape index (κ3) is 11.8. The number of hydrogen-bond acceptors (Lipinski definition) is 8. The highest BCUT2D eigenvalue weighted by Gasteiger charge is 2.35. The molecule has 5 atom stereocenters. The van der Waals surface area contributed by atoms with Gasteiger partial charge < -0.3 is 45.9 Å². The topological polar surface area (TPSA) is 200 Å². The minimum absolute atomic E-state index is 0.0135. The van der Waals surface area contributed by atoms with Crippen molar-refractivity contribution >= 4 is 46.3 Å². The molecule has 15 nitrogen and oxygen atoms in total. The third-order valence-electron chi connectivity index (χ3n) is 10.8. The van der Waals surface area contributed by atoms with E-state index in [2.05, 4.69) is 31.6 Å². The molecule has 0 aliphatic carbocycles. The fourth-order valence-corrected chi connectivity index (χ4v) is 7.38. The van der Waals surface area contributed by atoms with Gasteiger partial charge in [0.05, 0.1) is 13.7 Å². The maximum Gasteiger partial charge on any atom is 0.243 e. The Kier molecular flexibility index (Phi) is 15.3. The predicted molar refractivity (Wildman–Crippen MR) is 218 cm³/mol. The number of aromatic nitrogens is 1. The zero-order valence-electron chi connectivity index (χ0n) is 34.4. The molecular formula is C43H59N7O8. The maximum absolute atomic E-state index is 14.4. The average Bonchev–Trinajstić information content (AvgIpc) is 3.61. The number of methoxy groups -OCH3 is 1. The second-order valence-corrected chi connectivity index (χ2v) is 16.2. The molecule has 3 aromatic rings. The van der Waals surface area contributed by atoms with Crippen LogP contribution < -0.4 is 31.3 Å². The van der Waals surface area contributed by atoms with Crippen LogP contribution in [0.5, 0.6) is 5.75 Å². The zero-order valence-corrected chi connectivity index (χ0v) is 34.4. The Morgan fingerprint density at radius 2 is 1.43 bits per heavy atom. The number of rotatable bonds is 9. The molecule has 58 heavy (non-hydrogen) atoms. The first-order chi connectivity index (χ1) is 27.7. The minimum Gasteiger partial charge on any atom is -0.497 e. The van der Waals surface area contributed by atoms with Crippen molar-refractivity contribution in [1.82, 2.24) is 36.5 Å². The molecule has 2 aliphatic rings. The van der Waals surface area contributed by atoms with Gasteiger partial charge in [0.25, 0.3) is 0 Å². The molecule has 1 aromatic heterocycles. The standard InChI is InChI=1S/C43H59N7O8/c1-25(2)19-34-41(54)48-35(20-28-11-13-31(57-6)14-12-28)40(53)45-27(5)39(52)49-37(26(3)4)23-50(43(56)29-15-17-58-18-16-29)24-38(51)46-36(42(55)47-34)21-30-22-44-33-10-8-7-9-32(30)33/h7-14,22,25-27,29,34-37,44H,15-21,23-24H2,1-6H3,(H,45,53)(H,46,51)(H,47,55)(H,48,54)(H,49,52)/t27-,34+,35+,36-,37-/m1/s1. The smallest absolute Gasteiger partial charge is 0.243 e. The normalized spacial score (nSPS) is 23.7. The van der Waals surface area contributed by atoms with Gasteiger partial charge in [-0.05, 0) is 67.3 Å². The summed E-state index contributed by atoms with van der Waals surface area (Å²) in [5, 5.41) is 15.3.